The first-order valence-corrected chi connectivity index (χ1v) is 6.07. The normalized spacial score (nSPS) is 17.9. The standard InChI is InChI=1S/C14H18O4/c1-7-8(2)14-11(5-6-12(16)18-14)9(3)13(7)17-10(4)15/h12,16H,5-6H2,1-4H3/t12-/m0/s1. The van der Waals surface area contributed by atoms with Gasteiger partial charge in [0.05, 0.1) is 0 Å². The summed E-state index contributed by atoms with van der Waals surface area (Å²) in [5.41, 5.74) is 3.76. The van der Waals surface area contributed by atoms with Crippen molar-refractivity contribution < 1.29 is 19.4 Å². The van der Waals surface area contributed by atoms with Gasteiger partial charge in [0.25, 0.3) is 0 Å². The van der Waals surface area contributed by atoms with Gasteiger partial charge in [0, 0.05) is 18.9 Å². The first kappa shape index (κ1) is 12.9. The highest BCUT2D eigenvalue weighted by Crippen LogP contribution is 2.41. The lowest BCUT2D eigenvalue weighted by Crippen LogP contribution is -2.24. The number of benzene rings is 1. The maximum atomic E-state index is 11.2. The van der Waals surface area contributed by atoms with Gasteiger partial charge in [-0.25, -0.2) is 0 Å². The number of esters is 1. The van der Waals surface area contributed by atoms with Crippen molar-refractivity contribution in [1.29, 1.82) is 0 Å². The number of carbonyl (C=O) groups excluding carboxylic acids is 1. The van der Waals surface area contributed by atoms with E-state index in [-0.39, 0.29) is 5.97 Å². The van der Waals surface area contributed by atoms with Crippen LogP contribution in [0.4, 0.5) is 0 Å². The number of aliphatic hydroxyl groups is 1. The summed E-state index contributed by atoms with van der Waals surface area (Å²) in [4.78, 5) is 11.2. The van der Waals surface area contributed by atoms with Crippen LogP contribution in [0.3, 0.4) is 0 Å². The summed E-state index contributed by atoms with van der Waals surface area (Å²) in [6, 6.07) is 0. The minimum Gasteiger partial charge on any atom is -0.465 e. The SMILES string of the molecule is CC(=O)Oc1c(C)c(C)c2c(c1C)CC[C@@H](O)O2. The monoisotopic (exact) mass is 250 g/mol. The molecule has 18 heavy (non-hydrogen) atoms. The second-order valence-corrected chi connectivity index (χ2v) is 4.72. The zero-order valence-electron chi connectivity index (χ0n) is 11.2. The number of carbonyl (C=O) groups is 1. The Kier molecular flexibility index (Phi) is 3.30. The molecule has 0 fully saturated rings. The van der Waals surface area contributed by atoms with E-state index in [4.69, 9.17) is 9.47 Å². The van der Waals surface area contributed by atoms with Crippen LogP contribution in [0, 0.1) is 20.8 Å². The Morgan fingerprint density at radius 1 is 1.28 bits per heavy atom. The Morgan fingerprint density at radius 2 is 1.94 bits per heavy atom. The molecule has 0 bridgehead atoms. The molecule has 1 aliphatic heterocycles. The summed E-state index contributed by atoms with van der Waals surface area (Å²) >= 11 is 0. The van der Waals surface area contributed by atoms with Gasteiger partial charge < -0.3 is 14.6 Å². The van der Waals surface area contributed by atoms with Gasteiger partial charge in [-0.05, 0) is 43.9 Å². The Balaban J connectivity index is 2.59. The topological polar surface area (TPSA) is 55.8 Å². The number of hydrogen-bond donors (Lipinski definition) is 1. The molecule has 0 unspecified atom stereocenters. The zero-order chi connectivity index (χ0) is 13.4. The van der Waals surface area contributed by atoms with E-state index in [1.54, 1.807) is 0 Å². The van der Waals surface area contributed by atoms with Gasteiger partial charge in [-0.1, -0.05) is 0 Å². The molecular weight excluding hydrogens is 232 g/mol. The zero-order valence-corrected chi connectivity index (χ0v) is 11.2. The molecule has 0 aliphatic carbocycles. The smallest absolute Gasteiger partial charge is 0.308 e. The third kappa shape index (κ3) is 2.08. The maximum absolute atomic E-state index is 11.2. The van der Waals surface area contributed by atoms with Crippen molar-refractivity contribution in [3.05, 3.63) is 22.3 Å². The average molecular weight is 250 g/mol. The van der Waals surface area contributed by atoms with Gasteiger partial charge >= 0.3 is 5.97 Å². The summed E-state index contributed by atoms with van der Waals surface area (Å²) < 4.78 is 10.8. The van der Waals surface area contributed by atoms with Crippen molar-refractivity contribution in [2.45, 2.75) is 46.8 Å². The van der Waals surface area contributed by atoms with E-state index >= 15 is 0 Å². The molecule has 1 atom stereocenters. The van der Waals surface area contributed by atoms with Gasteiger partial charge in [-0.15, -0.1) is 0 Å². The van der Waals surface area contributed by atoms with E-state index in [1.165, 1.54) is 6.92 Å². The van der Waals surface area contributed by atoms with E-state index in [0.29, 0.717) is 12.2 Å². The highest BCUT2D eigenvalue weighted by atomic mass is 16.6. The summed E-state index contributed by atoms with van der Waals surface area (Å²) in [6.45, 7) is 7.13. The van der Waals surface area contributed by atoms with Gasteiger partial charge in [-0.3, -0.25) is 4.79 Å². The van der Waals surface area contributed by atoms with Crippen LogP contribution in [-0.4, -0.2) is 17.4 Å². The predicted octanol–water partition coefficient (Wildman–Crippen LogP) is 2.18. The molecule has 1 aromatic carbocycles. The highest BCUT2D eigenvalue weighted by Gasteiger charge is 2.25. The van der Waals surface area contributed by atoms with Crippen molar-refractivity contribution in [2.75, 3.05) is 0 Å². The Labute approximate surface area is 107 Å². The second-order valence-electron chi connectivity index (χ2n) is 4.72. The lowest BCUT2D eigenvalue weighted by Gasteiger charge is -2.27. The molecular formula is C14H18O4. The van der Waals surface area contributed by atoms with Crippen molar-refractivity contribution in [2.24, 2.45) is 0 Å². The Morgan fingerprint density at radius 3 is 2.56 bits per heavy atom. The molecule has 0 aromatic heterocycles. The van der Waals surface area contributed by atoms with Crippen LogP contribution in [0.15, 0.2) is 0 Å². The fourth-order valence-corrected chi connectivity index (χ4v) is 2.38. The summed E-state index contributed by atoms with van der Waals surface area (Å²) in [6.07, 6.45) is 0.558. The van der Waals surface area contributed by atoms with Gasteiger partial charge in [-0.2, -0.15) is 0 Å². The van der Waals surface area contributed by atoms with Crippen LogP contribution in [-0.2, 0) is 11.2 Å². The van der Waals surface area contributed by atoms with E-state index in [0.717, 1.165) is 34.4 Å². The third-order valence-electron chi connectivity index (χ3n) is 3.45. The first-order chi connectivity index (χ1) is 8.41. The quantitative estimate of drug-likeness (QED) is 0.613. The minimum atomic E-state index is -0.741. The van der Waals surface area contributed by atoms with Gasteiger partial charge in [0.15, 0.2) is 6.29 Å². The number of aliphatic hydroxyl groups excluding tert-OH is 1. The molecule has 1 N–H and O–H groups in total. The molecule has 0 amide bonds. The number of ether oxygens (including phenoxy) is 2. The van der Waals surface area contributed by atoms with Crippen LogP contribution >= 0.6 is 0 Å². The molecule has 1 aliphatic rings. The van der Waals surface area contributed by atoms with Crippen molar-refractivity contribution in [1.82, 2.24) is 0 Å². The summed E-state index contributed by atoms with van der Waals surface area (Å²) in [7, 11) is 0. The molecule has 0 saturated carbocycles. The largest absolute Gasteiger partial charge is 0.465 e. The van der Waals surface area contributed by atoms with E-state index in [2.05, 4.69) is 0 Å². The molecule has 4 heteroatoms. The van der Waals surface area contributed by atoms with Crippen LogP contribution in [0.25, 0.3) is 0 Å². The minimum absolute atomic E-state index is 0.322. The van der Waals surface area contributed by atoms with Crippen LogP contribution in [0.1, 0.15) is 35.6 Å². The summed E-state index contributed by atoms with van der Waals surface area (Å²) in [5.74, 6) is 1.04. The van der Waals surface area contributed by atoms with E-state index in [1.807, 2.05) is 20.8 Å². The predicted molar refractivity (Wildman–Crippen MR) is 66.9 cm³/mol. The number of fused-ring (bicyclic) bond motifs is 1. The molecule has 4 nitrogen and oxygen atoms in total. The molecule has 1 heterocycles. The molecule has 0 spiro atoms. The van der Waals surface area contributed by atoms with Crippen LogP contribution in [0.5, 0.6) is 11.5 Å². The highest BCUT2D eigenvalue weighted by molar-refractivity contribution is 5.72. The Hall–Kier alpha value is -1.55. The second kappa shape index (κ2) is 4.61. The van der Waals surface area contributed by atoms with Crippen molar-refractivity contribution in [3.8, 4) is 11.5 Å². The van der Waals surface area contributed by atoms with E-state index < -0.39 is 6.29 Å². The summed E-state index contributed by atoms with van der Waals surface area (Å²) in [5, 5.41) is 9.57. The molecule has 1 aromatic rings. The average Bonchev–Trinajstić information content (AvgIpc) is 2.31. The lowest BCUT2D eigenvalue weighted by atomic mass is 9.93. The fourth-order valence-electron chi connectivity index (χ4n) is 2.38. The molecule has 98 valence electrons. The first-order valence-electron chi connectivity index (χ1n) is 6.07. The lowest BCUT2D eigenvalue weighted by molar-refractivity contribution is -0.132. The van der Waals surface area contributed by atoms with Crippen molar-refractivity contribution >= 4 is 5.97 Å². The number of hydrogen-bond acceptors (Lipinski definition) is 4. The van der Waals surface area contributed by atoms with Gasteiger partial charge in [0.2, 0.25) is 0 Å². The number of rotatable bonds is 1. The molecule has 2 rings (SSSR count). The van der Waals surface area contributed by atoms with Crippen LogP contribution in [0.2, 0.25) is 0 Å². The van der Waals surface area contributed by atoms with E-state index in [9.17, 15) is 9.90 Å². The van der Waals surface area contributed by atoms with Crippen LogP contribution < -0.4 is 9.47 Å². The fraction of sp³-hybridized carbons (Fsp3) is 0.500. The Bertz CT molecular complexity index is 505. The van der Waals surface area contributed by atoms with Crippen molar-refractivity contribution in [3.63, 3.8) is 0 Å². The molecule has 0 radical (unpaired) electrons. The van der Waals surface area contributed by atoms with Gasteiger partial charge in [0.1, 0.15) is 11.5 Å². The maximum Gasteiger partial charge on any atom is 0.308 e. The third-order valence-corrected chi connectivity index (χ3v) is 3.45. The molecule has 0 saturated heterocycles.